The minimum Gasteiger partial charge on any atom is 0 e. The number of aryl methyl sites for hydroxylation is 2. The van der Waals surface area contributed by atoms with Gasteiger partial charge in [-0.15, -0.1) is 39.7 Å². The Kier molecular flexibility index (Phi) is 10.9. The molecule has 0 spiro atoms. The van der Waals surface area contributed by atoms with E-state index < -0.39 is 21.3 Å². The molecule has 0 saturated heterocycles. The standard InChI is InChI=1S/C25H21N4OSSi.C14H16GeN.Ir/c1-14-11-21(27-13-15(14)2)19-8-6-7-16-17-9-10-18(20(12-26)23(17)30-22(16)19)24-28-29-25(31-24)32(3,4)5;1-15(2,3)13-9-10-14(16-11-13)12-7-5-4-6-8-12;/h6-7,9-11,13H,1-5H3;4-7,9-11H,1-3H3;/q2*-1;. The van der Waals surface area contributed by atoms with Gasteiger partial charge in [0.15, 0.2) is 0 Å². The van der Waals surface area contributed by atoms with Crippen molar-refractivity contribution in [1.82, 2.24) is 20.2 Å². The molecular weight excluding hydrogens is 879 g/mol. The maximum absolute atomic E-state index is 10.1. The summed E-state index contributed by atoms with van der Waals surface area (Å²) < 4.78 is 8.85. The quantitative estimate of drug-likeness (QED) is 0.127. The van der Waals surface area contributed by atoms with Crippen LogP contribution in [0, 0.1) is 37.3 Å². The molecule has 3 aromatic carbocycles. The van der Waals surface area contributed by atoms with E-state index in [1.165, 1.54) is 4.40 Å². The summed E-state index contributed by atoms with van der Waals surface area (Å²) >= 11 is -0.144. The molecule has 0 saturated carbocycles. The zero-order valence-corrected chi connectivity index (χ0v) is 35.2. The second-order valence-electron chi connectivity index (χ2n) is 13.9. The molecule has 0 fully saturated rings. The van der Waals surface area contributed by atoms with Crippen LogP contribution < -0.4 is 9.03 Å². The number of hydrogen-bond donors (Lipinski definition) is 0. The number of nitrogens with zero attached hydrogens (tertiary/aromatic N) is 5. The molecule has 4 heterocycles. The predicted octanol–water partition coefficient (Wildman–Crippen LogP) is 9.09. The SMILES string of the molecule is Cc1cnc(-c2[c-]ccc3c2oc2c(C#N)c(-c4nnc([Si](C)(C)C)s4)ccc23)cc1C.[CH3][Ge]([CH3])([CH3])[c]1ccc(-c2[c-]cccc2)nc1.[Ir]. The van der Waals surface area contributed by atoms with Crippen molar-refractivity contribution in [2.24, 2.45) is 0 Å². The van der Waals surface area contributed by atoms with Gasteiger partial charge in [0, 0.05) is 37.3 Å². The molecule has 0 bridgehead atoms. The van der Waals surface area contributed by atoms with Gasteiger partial charge in [-0.2, -0.15) is 5.26 Å². The summed E-state index contributed by atoms with van der Waals surface area (Å²) in [5.41, 5.74) is 8.46. The van der Waals surface area contributed by atoms with Gasteiger partial charge in [0.1, 0.15) is 30.3 Å². The summed E-state index contributed by atoms with van der Waals surface area (Å²) in [6.45, 7) is 10.8. The maximum atomic E-state index is 10.1. The van der Waals surface area contributed by atoms with Gasteiger partial charge in [0.2, 0.25) is 0 Å². The second kappa shape index (κ2) is 14.6. The van der Waals surface area contributed by atoms with Crippen LogP contribution in [0.5, 0.6) is 0 Å². The van der Waals surface area contributed by atoms with Gasteiger partial charge in [-0.05, 0) is 31.2 Å². The first-order chi connectivity index (χ1) is 22.8. The summed E-state index contributed by atoms with van der Waals surface area (Å²) in [5.74, 6) is 7.14. The van der Waals surface area contributed by atoms with Gasteiger partial charge >= 0.3 is 99.8 Å². The number of fused-ring (bicyclic) bond motifs is 3. The molecule has 249 valence electrons. The monoisotopic (exact) mass is 918 g/mol. The van der Waals surface area contributed by atoms with Crippen LogP contribution in [0.2, 0.25) is 36.9 Å². The summed E-state index contributed by atoms with van der Waals surface area (Å²) in [7, 11) is -1.58. The Bertz CT molecular complexity index is 2300. The fourth-order valence-electron chi connectivity index (χ4n) is 5.23. The molecule has 4 aromatic heterocycles. The summed E-state index contributed by atoms with van der Waals surface area (Å²) in [4.78, 5) is 9.13. The average molecular weight is 917 g/mol. The molecule has 7 aromatic rings. The number of hydrogen-bond acceptors (Lipinski definition) is 7. The van der Waals surface area contributed by atoms with E-state index in [1.54, 1.807) is 11.3 Å². The van der Waals surface area contributed by atoms with E-state index in [0.717, 1.165) is 59.6 Å². The zero-order valence-electron chi connectivity index (χ0n) is 28.9. The van der Waals surface area contributed by atoms with Crippen molar-refractivity contribution < 1.29 is 24.5 Å². The number of aromatic nitrogens is 4. The fourth-order valence-corrected chi connectivity index (χ4v) is 9.89. The Balaban J connectivity index is 0.000000233. The average Bonchev–Trinajstić information content (AvgIpc) is 3.72. The molecule has 0 aliphatic carbocycles. The Hall–Kier alpha value is -3.78. The summed E-state index contributed by atoms with van der Waals surface area (Å²) in [6.07, 6.45) is 3.90. The molecule has 0 unspecified atom stereocenters. The van der Waals surface area contributed by atoms with Crippen molar-refractivity contribution in [2.75, 3.05) is 0 Å². The topological polar surface area (TPSA) is 88.5 Å². The smallest absolute Gasteiger partial charge is 0 e. The number of nitriles is 1. The van der Waals surface area contributed by atoms with Crippen molar-refractivity contribution in [2.45, 2.75) is 50.8 Å². The predicted molar refractivity (Wildman–Crippen MR) is 203 cm³/mol. The molecule has 10 heteroatoms. The zero-order chi connectivity index (χ0) is 34.2. The minimum absolute atomic E-state index is 0. The number of furan rings is 1. The van der Waals surface area contributed by atoms with Crippen LogP contribution in [0.3, 0.4) is 0 Å². The minimum atomic E-state index is -1.72. The molecule has 0 aliphatic heterocycles. The van der Waals surface area contributed by atoms with Crippen LogP contribution >= 0.6 is 11.3 Å². The first kappa shape index (κ1) is 36.5. The normalized spacial score (nSPS) is 11.5. The van der Waals surface area contributed by atoms with Gasteiger partial charge < -0.3 is 9.40 Å². The number of benzene rings is 3. The number of pyridine rings is 2. The van der Waals surface area contributed by atoms with Gasteiger partial charge in [-0.1, -0.05) is 48.3 Å². The molecule has 6 nitrogen and oxygen atoms in total. The summed E-state index contributed by atoms with van der Waals surface area (Å²) in [5, 5.41) is 21.5. The van der Waals surface area contributed by atoms with E-state index in [1.807, 2.05) is 73.9 Å². The molecular formula is C39H37GeIrN5OSSi-2. The van der Waals surface area contributed by atoms with Crippen molar-refractivity contribution in [3.05, 3.63) is 108 Å². The van der Waals surface area contributed by atoms with Crippen molar-refractivity contribution >= 4 is 63.6 Å². The van der Waals surface area contributed by atoms with Crippen LogP contribution in [0.1, 0.15) is 16.7 Å². The van der Waals surface area contributed by atoms with Crippen molar-refractivity contribution in [1.29, 1.82) is 5.26 Å². The molecule has 0 N–H and O–H groups in total. The molecule has 7 rings (SSSR count). The third kappa shape index (κ3) is 7.69. The fraction of sp³-hybridized carbons (Fsp3) is 0.205. The first-order valence-corrected chi connectivity index (χ1v) is 27.5. The third-order valence-corrected chi connectivity index (χ3v) is 16.8. The van der Waals surface area contributed by atoms with Gasteiger partial charge in [-0.3, -0.25) is 0 Å². The van der Waals surface area contributed by atoms with Crippen LogP contribution in [0.4, 0.5) is 0 Å². The van der Waals surface area contributed by atoms with E-state index >= 15 is 0 Å². The van der Waals surface area contributed by atoms with Gasteiger partial charge in [0.25, 0.3) is 0 Å². The van der Waals surface area contributed by atoms with Crippen LogP contribution in [0.25, 0.3) is 55.0 Å². The Morgan fingerprint density at radius 2 is 1.57 bits per heavy atom. The Labute approximate surface area is 309 Å². The van der Waals surface area contributed by atoms with Gasteiger partial charge in [0.05, 0.1) is 10.2 Å². The van der Waals surface area contributed by atoms with Crippen LogP contribution in [-0.2, 0) is 20.1 Å². The van der Waals surface area contributed by atoms with E-state index in [4.69, 9.17) is 4.42 Å². The molecule has 49 heavy (non-hydrogen) atoms. The largest absolute Gasteiger partial charge is 0 e. The van der Waals surface area contributed by atoms with Crippen LogP contribution in [-0.4, -0.2) is 41.5 Å². The van der Waals surface area contributed by atoms with Crippen LogP contribution in [0.15, 0.2) is 83.5 Å². The third-order valence-electron chi connectivity index (χ3n) is 8.25. The second-order valence-corrected chi connectivity index (χ2v) is 30.9. The van der Waals surface area contributed by atoms with E-state index in [2.05, 4.69) is 94.3 Å². The van der Waals surface area contributed by atoms with Crippen molar-refractivity contribution in [3.63, 3.8) is 0 Å². The molecule has 0 aliphatic rings. The van der Waals surface area contributed by atoms with Crippen molar-refractivity contribution in [3.8, 4) is 39.2 Å². The maximum Gasteiger partial charge on any atom is 0 e. The first-order valence-electron chi connectivity index (χ1n) is 15.9. The Morgan fingerprint density at radius 3 is 2.18 bits per heavy atom. The summed E-state index contributed by atoms with van der Waals surface area (Å²) in [6, 6.07) is 31.0. The molecule has 0 atom stereocenters. The van der Waals surface area contributed by atoms with E-state index in [9.17, 15) is 5.26 Å². The van der Waals surface area contributed by atoms with Gasteiger partial charge in [-0.25, -0.2) is 0 Å². The molecule has 1 radical (unpaired) electrons. The molecule has 0 amide bonds. The van der Waals surface area contributed by atoms with E-state index in [-0.39, 0.29) is 20.1 Å². The number of rotatable bonds is 5. The van der Waals surface area contributed by atoms with E-state index in [0.29, 0.717) is 16.7 Å². The Morgan fingerprint density at radius 1 is 0.816 bits per heavy atom.